The lowest BCUT2D eigenvalue weighted by molar-refractivity contribution is -0.147. The van der Waals surface area contributed by atoms with Gasteiger partial charge in [0.05, 0.1) is 7.11 Å². The van der Waals surface area contributed by atoms with E-state index in [0.717, 1.165) is 25.7 Å². The minimum Gasteiger partial charge on any atom is -0.468 e. The van der Waals surface area contributed by atoms with Crippen LogP contribution in [0.2, 0.25) is 0 Å². The van der Waals surface area contributed by atoms with E-state index in [4.69, 9.17) is 4.74 Å². The van der Waals surface area contributed by atoms with Gasteiger partial charge in [-0.1, -0.05) is 26.7 Å². The molecule has 0 aliphatic carbocycles. The van der Waals surface area contributed by atoms with Crippen molar-refractivity contribution in [2.75, 3.05) is 7.11 Å². The number of esters is 1. The fourth-order valence-corrected chi connectivity index (χ4v) is 1.81. The van der Waals surface area contributed by atoms with Crippen molar-refractivity contribution in [1.82, 2.24) is 5.32 Å². The van der Waals surface area contributed by atoms with Crippen molar-refractivity contribution in [2.45, 2.75) is 65.0 Å². The normalized spacial score (nSPS) is 11.9. The Kier molecular flexibility index (Phi) is 6.57. The molecular formula is C12H25NO2. The molecule has 0 aromatic heterocycles. The number of ether oxygens (including phenoxy) is 1. The molecule has 0 spiro atoms. The van der Waals surface area contributed by atoms with Crippen molar-refractivity contribution in [3.8, 4) is 0 Å². The molecule has 0 heterocycles. The van der Waals surface area contributed by atoms with Gasteiger partial charge in [0.2, 0.25) is 0 Å². The van der Waals surface area contributed by atoms with Crippen LogP contribution in [0.1, 0.15) is 53.4 Å². The standard InChI is InChI=1S/C12H25NO2/c1-6-8-10(9-7-2)13-12(3,4)11(14)15-5/h10,13H,6-9H2,1-5H3. The Bertz CT molecular complexity index is 184. The number of methoxy groups -OCH3 is 1. The second kappa shape index (κ2) is 6.83. The number of nitrogens with one attached hydrogen (secondary N) is 1. The maximum Gasteiger partial charge on any atom is 0.325 e. The molecule has 0 fully saturated rings. The zero-order valence-corrected chi connectivity index (χ0v) is 10.7. The maximum atomic E-state index is 11.5. The SMILES string of the molecule is CCCC(CCC)NC(C)(C)C(=O)OC. The lowest BCUT2D eigenvalue weighted by Gasteiger charge is -2.29. The summed E-state index contributed by atoms with van der Waals surface area (Å²) in [5.41, 5.74) is -0.580. The van der Waals surface area contributed by atoms with Crippen molar-refractivity contribution in [1.29, 1.82) is 0 Å². The maximum absolute atomic E-state index is 11.5. The first-order valence-electron chi connectivity index (χ1n) is 5.84. The third-order valence-electron chi connectivity index (χ3n) is 2.53. The molecule has 90 valence electrons. The Morgan fingerprint density at radius 1 is 1.27 bits per heavy atom. The van der Waals surface area contributed by atoms with Crippen molar-refractivity contribution in [2.24, 2.45) is 0 Å². The van der Waals surface area contributed by atoms with Crippen LogP contribution in [0.3, 0.4) is 0 Å². The Labute approximate surface area is 93.6 Å². The molecule has 0 atom stereocenters. The van der Waals surface area contributed by atoms with Gasteiger partial charge >= 0.3 is 5.97 Å². The van der Waals surface area contributed by atoms with Gasteiger partial charge in [-0.15, -0.1) is 0 Å². The van der Waals surface area contributed by atoms with Gasteiger partial charge in [-0.25, -0.2) is 0 Å². The molecule has 0 bridgehead atoms. The van der Waals surface area contributed by atoms with Gasteiger partial charge in [0.15, 0.2) is 0 Å². The van der Waals surface area contributed by atoms with Crippen molar-refractivity contribution in [3.05, 3.63) is 0 Å². The number of hydrogen-bond acceptors (Lipinski definition) is 3. The van der Waals surface area contributed by atoms with E-state index in [1.807, 2.05) is 13.8 Å². The van der Waals surface area contributed by atoms with E-state index in [2.05, 4.69) is 19.2 Å². The summed E-state index contributed by atoms with van der Waals surface area (Å²) in [6, 6.07) is 0.411. The predicted octanol–water partition coefficient (Wildman–Crippen LogP) is 2.50. The third-order valence-corrected chi connectivity index (χ3v) is 2.53. The average Bonchev–Trinajstić information content (AvgIpc) is 2.16. The summed E-state index contributed by atoms with van der Waals surface area (Å²) in [4.78, 5) is 11.5. The van der Waals surface area contributed by atoms with Crippen LogP contribution in [-0.4, -0.2) is 24.7 Å². The summed E-state index contributed by atoms with van der Waals surface area (Å²) in [5, 5.41) is 3.37. The number of carbonyl (C=O) groups excluding carboxylic acids is 1. The van der Waals surface area contributed by atoms with Crippen LogP contribution in [0.4, 0.5) is 0 Å². The van der Waals surface area contributed by atoms with Gasteiger partial charge in [-0.3, -0.25) is 10.1 Å². The number of carbonyl (C=O) groups is 1. The summed E-state index contributed by atoms with van der Waals surface area (Å²) in [6.45, 7) is 8.07. The van der Waals surface area contributed by atoms with Crippen LogP contribution < -0.4 is 5.32 Å². The van der Waals surface area contributed by atoms with E-state index in [1.54, 1.807) is 0 Å². The second-order valence-electron chi connectivity index (χ2n) is 4.54. The fraction of sp³-hybridized carbons (Fsp3) is 0.917. The van der Waals surface area contributed by atoms with E-state index < -0.39 is 5.54 Å². The molecule has 0 amide bonds. The van der Waals surface area contributed by atoms with Crippen LogP contribution in [0, 0.1) is 0 Å². The summed E-state index contributed by atoms with van der Waals surface area (Å²) < 4.78 is 4.77. The Hall–Kier alpha value is -0.570. The lowest BCUT2D eigenvalue weighted by Crippen LogP contribution is -2.52. The van der Waals surface area contributed by atoms with Crippen LogP contribution in [0.25, 0.3) is 0 Å². The summed E-state index contributed by atoms with van der Waals surface area (Å²) in [5.74, 6) is -0.195. The minimum absolute atomic E-state index is 0.195. The highest BCUT2D eigenvalue weighted by atomic mass is 16.5. The van der Waals surface area contributed by atoms with Crippen LogP contribution in [0.5, 0.6) is 0 Å². The van der Waals surface area contributed by atoms with Crippen LogP contribution in [0.15, 0.2) is 0 Å². The Balaban J connectivity index is 4.29. The number of hydrogen-bond donors (Lipinski definition) is 1. The molecule has 0 saturated heterocycles. The van der Waals surface area contributed by atoms with E-state index in [9.17, 15) is 4.79 Å². The predicted molar refractivity (Wildman–Crippen MR) is 62.8 cm³/mol. The quantitative estimate of drug-likeness (QED) is 0.663. The molecule has 0 aromatic rings. The first kappa shape index (κ1) is 14.4. The van der Waals surface area contributed by atoms with Crippen molar-refractivity contribution >= 4 is 5.97 Å². The smallest absolute Gasteiger partial charge is 0.325 e. The van der Waals surface area contributed by atoms with Gasteiger partial charge in [0, 0.05) is 6.04 Å². The largest absolute Gasteiger partial charge is 0.468 e. The lowest BCUT2D eigenvalue weighted by atomic mass is 9.99. The third kappa shape index (κ3) is 5.17. The number of rotatable bonds is 7. The Morgan fingerprint density at radius 3 is 2.07 bits per heavy atom. The molecule has 0 unspecified atom stereocenters. The first-order chi connectivity index (χ1) is 6.97. The van der Waals surface area contributed by atoms with Crippen LogP contribution >= 0.6 is 0 Å². The molecule has 3 nitrogen and oxygen atoms in total. The van der Waals surface area contributed by atoms with Gasteiger partial charge in [-0.05, 0) is 26.7 Å². The molecular weight excluding hydrogens is 190 g/mol. The van der Waals surface area contributed by atoms with E-state index >= 15 is 0 Å². The molecule has 0 aliphatic rings. The van der Waals surface area contributed by atoms with Gasteiger partial charge in [-0.2, -0.15) is 0 Å². The van der Waals surface area contributed by atoms with E-state index in [-0.39, 0.29) is 5.97 Å². The highest BCUT2D eigenvalue weighted by Crippen LogP contribution is 2.12. The fourth-order valence-electron chi connectivity index (χ4n) is 1.81. The topological polar surface area (TPSA) is 38.3 Å². The minimum atomic E-state index is -0.580. The molecule has 1 N–H and O–H groups in total. The summed E-state index contributed by atoms with van der Waals surface area (Å²) in [6.07, 6.45) is 4.48. The molecule has 0 radical (unpaired) electrons. The molecule has 3 heteroatoms. The van der Waals surface area contributed by atoms with Crippen molar-refractivity contribution < 1.29 is 9.53 Å². The summed E-state index contributed by atoms with van der Waals surface area (Å²) >= 11 is 0. The van der Waals surface area contributed by atoms with Gasteiger partial charge in [0.1, 0.15) is 5.54 Å². The van der Waals surface area contributed by atoms with Crippen molar-refractivity contribution in [3.63, 3.8) is 0 Å². The monoisotopic (exact) mass is 215 g/mol. The molecule has 0 rings (SSSR count). The Morgan fingerprint density at radius 2 is 1.73 bits per heavy atom. The zero-order chi connectivity index (χ0) is 11.9. The van der Waals surface area contributed by atoms with Gasteiger partial charge in [0.25, 0.3) is 0 Å². The van der Waals surface area contributed by atoms with Gasteiger partial charge < -0.3 is 4.74 Å². The molecule has 15 heavy (non-hydrogen) atoms. The van der Waals surface area contributed by atoms with E-state index in [1.165, 1.54) is 7.11 Å². The molecule has 0 aliphatic heterocycles. The zero-order valence-electron chi connectivity index (χ0n) is 10.7. The van der Waals surface area contributed by atoms with Crippen LogP contribution in [-0.2, 0) is 9.53 Å². The summed E-state index contributed by atoms with van der Waals surface area (Å²) in [7, 11) is 1.43. The molecule has 0 saturated carbocycles. The van der Waals surface area contributed by atoms with E-state index in [0.29, 0.717) is 6.04 Å². The second-order valence-corrected chi connectivity index (χ2v) is 4.54. The molecule has 0 aromatic carbocycles. The average molecular weight is 215 g/mol. The highest BCUT2D eigenvalue weighted by Gasteiger charge is 2.30. The first-order valence-corrected chi connectivity index (χ1v) is 5.84. The highest BCUT2D eigenvalue weighted by molar-refractivity contribution is 5.79.